The standard InChI is InChI=1S/C15H33O4P.C5H14N2O4/c1-13(2)11-9-7-6-8-10-12-14(15(3,4)5)19-20(16,17)18;6-1-2-7-4(8)3-5(9,10)11/h13-14H,6-12H2,1-5H3,(H2,16,17,18);4,7-11H,1-3,6H2. The molecule has 0 aliphatic rings. The van der Waals surface area contributed by atoms with E-state index in [0.29, 0.717) is 19.5 Å². The van der Waals surface area contributed by atoms with Crippen LogP contribution in [-0.4, -0.2) is 61.6 Å². The summed E-state index contributed by atoms with van der Waals surface area (Å²) in [6.07, 6.45) is 5.64. The van der Waals surface area contributed by atoms with Gasteiger partial charge in [-0.15, -0.1) is 0 Å². The summed E-state index contributed by atoms with van der Waals surface area (Å²) in [6.45, 7) is 11.0. The lowest BCUT2D eigenvalue weighted by Gasteiger charge is -2.30. The van der Waals surface area contributed by atoms with Crippen LogP contribution in [0.5, 0.6) is 0 Å². The molecule has 10 nitrogen and oxygen atoms in total. The third kappa shape index (κ3) is 26.0. The number of hydrogen-bond donors (Lipinski definition) is 8. The number of rotatable bonds is 15. The number of nitrogens with two attached hydrogens (primary N) is 1. The minimum Gasteiger partial charge on any atom is -0.378 e. The van der Waals surface area contributed by atoms with Crippen molar-refractivity contribution in [3.63, 3.8) is 0 Å². The van der Waals surface area contributed by atoms with Gasteiger partial charge in [0.25, 0.3) is 5.97 Å². The molecule has 9 N–H and O–H groups in total. The van der Waals surface area contributed by atoms with Gasteiger partial charge in [-0.3, -0.25) is 9.84 Å². The Morgan fingerprint density at radius 3 is 1.84 bits per heavy atom. The van der Waals surface area contributed by atoms with E-state index >= 15 is 0 Å². The third-order valence-corrected chi connectivity index (χ3v) is 5.00. The first-order valence-corrected chi connectivity index (χ1v) is 12.5. The van der Waals surface area contributed by atoms with E-state index in [1.54, 1.807) is 0 Å². The average Bonchev–Trinajstić information content (AvgIpc) is 2.55. The lowest BCUT2D eigenvalue weighted by molar-refractivity contribution is -0.323. The first kappa shape index (κ1) is 33.0. The van der Waals surface area contributed by atoms with Crippen molar-refractivity contribution in [3.8, 4) is 0 Å². The largest absolute Gasteiger partial charge is 0.469 e. The van der Waals surface area contributed by atoms with Crippen molar-refractivity contribution in [1.29, 1.82) is 0 Å². The molecule has 0 saturated heterocycles. The van der Waals surface area contributed by atoms with Crippen LogP contribution in [0.15, 0.2) is 0 Å². The highest BCUT2D eigenvalue weighted by Crippen LogP contribution is 2.43. The van der Waals surface area contributed by atoms with E-state index in [9.17, 15) is 4.57 Å². The predicted molar refractivity (Wildman–Crippen MR) is 121 cm³/mol. The molecular formula is C20H47N2O8P. The smallest absolute Gasteiger partial charge is 0.378 e. The summed E-state index contributed by atoms with van der Waals surface area (Å²) in [6, 6.07) is 0. The van der Waals surface area contributed by atoms with Crippen molar-refractivity contribution in [1.82, 2.24) is 5.32 Å². The van der Waals surface area contributed by atoms with E-state index < -0.39 is 26.4 Å². The van der Waals surface area contributed by atoms with Crippen molar-refractivity contribution in [2.75, 3.05) is 13.1 Å². The van der Waals surface area contributed by atoms with E-state index in [2.05, 4.69) is 19.2 Å². The second kappa shape index (κ2) is 16.5. The summed E-state index contributed by atoms with van der Waals surface area (Å²) < 4.78 is 15.9. The molecule has 0 amide bonds. The van der Waals surface area contributed by atoms with Crippen LogP contribution in [0.2, 0.25) is 0 Å². The number of hydrogen-bond acceptors (Lipinski definition) is 8. The highest BCUT2D eigenvalue weighted by atomic mass is 31.2. The minimum absolute atomic E-state index is 0.251. The summed E-state index contributed by atoms with van der Waals surface area (Å²) in [5.74, 6) is -2.06. The Kier molecular flexibility index (Phi) is 17.6. The van der Waals surface area contributed by atoms with Crippen molar-refractivity contribution in [3.05, 3.63) is 0 Å². The molecule has 0 heterocycles. The van der Waals surface area contributed by atoms with Crippen LogP contribution in [0.1, 0.15) is 86.0 Å². The van der Waals surface area contributed by atoms with Gasteiger partial charge >= 0.3 is 7.82 Å². The highest BCUT2D eigenvalue weighted by molar-refractivity contribution is 7.46. The summed E-state index contributed by atoms with van der Waals surface area (Å²) in [5.41, 5.74) is 4.83. The van der Waals surface area contributed by atoms with Crippen LogP contribution in [-0.2, 0) is 9.09 Å². The molecule has 2 unspecified atom stereocenters. The van der Waals surface area contributed by atoms with Gasteiger partial charge in [0.05, 0.1) is 12.5 Å². The third-order valence-electron chi connectivity index (χ3n) is 4.47. The SMILES string of the molecule is CC(C)CCCCCCCC(OP(=O)(O)O)C(C)(C)C.NCCNC(O)CC(O)(O)O. The van der Waals surface area contributed by atoms with Gasteiger partial charge in [-0.25, -0.2) is 4.57 Å². The maximum Gasteiger partial charge on any atom is 0.469 e. The second-order valence-corrected chi connectivity index (χ2v) is 10.6. The van der Waals surface area contributed by atoms with Gasteiger partial charge in [0, 0.05) is 13.1 Å². The Labute approximate surface area is 187 Å². The molecular weight excluding hydrogens is 427 g/mol. The molecule has 0 bridgehead atoms. The van der Waals surface area contributed by atoms with Crippen molar-refractivity contribution >= 4 is 7.82 Å². The monoisotopic (exact) mass is 474 g/mol. The number of phosphoric ester groups is 1. The number of nitrogens with one attached hydrogen (secondary N) is 1. The molecule has 31 heavy (non-hydrogen) atoms. The van der Waals surface area contributed by atoms with Crippen LogP contribution < -0.4 is 11.1 Å². The van der Waals surface area contributed by atoms with Crippen LogP contribution in [0.25, 0.3) is 0 Å². The first-order chi connectivity index (χ1) is 14.0. The lowest BCUT2D eigenvalue weighted by Crippen LogP contribution is -2.41. The lowest BCUT2D eigenvalue weighted by atomic mass is 9.86. The Bertz CT molecular complexity index is 475. The molecule has 0 rings (SSSR count). The van der Waals surface area contributed by atoms with Gasteiger partial charge in [-0.05, 0) is 17.8 Å². The van der Waals surface area contributed by atoms with Gasteiger partial charge in [0.15, 0.2) is 0 Å². The highest BCUT2D eigenvalue weighted by Gasteiger charge is 2.31. The maximum atomic E-state index is 11.0. The van der Waals surface area contributed by atoms with Crippen molar-refractivity contribution < 1.29 is 39.3 Å². The second-order valence-electron chi connectivity index (χ2n) is 9.43. The first-order valence-electron chi connectivity index (χ1n) is 11.0. The number of aliphatic hydroxyl groups excluding tert-OH is 1. The summed E-state index contributed by atoms with van der Waals surface area (Å²) in [4.78, 5) is 17.9. The quantitative estimate of drug-likeness (QED) is 0.0987. The molecule has 11 heteroatoms. The van der Waals surface area contributed by atoms with Gasteiger partial charge < -0.3 is 35.9 Å². The molecule has 190 valence electrons. The summed E-state index contributed by atoms with van der Waals surface area (Å²) in [7, 11) is -4.40. The molecule has 0 aliphatic carbocycles. The van der Waals surface area contributed by atoms with E-state index in [-0.39, 0.29) is 11.5 Å². The normalized spacial score (nSPS) is 14.9. The Morgan fingerprint density at radius 1 is 0.968 bits per heavy atom. The van der Waals surface area contributed by atoms with E-state index in [1.165, 1.54) is 25.7 Å². The van der Waals surface area contributed by atoms with Crippen molar-refractivity contribution in [2.24, 2.45) is 17.1 Å². The van der Waals surface area contributed by atoms with Gasteiger partial charge in [-0.2, -0.15) is 0 Å². The van der Waals surface area contributed by atoms with Gasteiger partial charge in [0.1, 0.15) is 6.23 Å². The fourth-order valence-corrected chi connectivity index (χ4v) is 3.56. The number of aliphatic hydroxyl groups is 4. The van der Waals surface area contributed by atoms with E-state index in [1.807, 2.05) is 20.8 Å². The molecule has 2 atom stereocenters. The Hall–Kier alpha value is -0.130. The van der Waals surface area contributed by atoms with Crippen LogP contribution >= 0.6 is 7.82 Å². The average molecular weight is 475 g/mol. The fraction of sp³-hybridized carbons (Fsp3) is 1.00. The maximum absolute atomic E-state index is 11.0. The Morgan fingerprint density at radius 2 is 1.45 bits per heavy atom. The molecule has 0 aliphatic heterocycles. The van der Waals surface area contributed by atoms with Gasteiger partial charge in [-0.1, -0.05) is 73.1 Å². The fourth-order valence-electron chi connectivity index (χ4n) is 2.80. The van der Waals surface area contributed by atoms with Gasteiger partial charge in [0.2, 0.25) is 0 Å². The minimum atomic E-state index is -4.40. The molecule has 0 radical (unpaired) electrons. The zero-order chi connectivity index (χ0) is 24.7. The van der Waals surface area contributed by atoms with Crippen molar-refractivity contribution in [2.45, 2.75) is 104 Å². The molecule has 0 saturated carbocycles. The van der Waals surface area contributed by atoms with Crippen LogP contribution in [0.3, 0.4) is 0 Å². The molecule has 0 fully saturated rings. The molecule has 0 aromatic heterocycles. The molecule has 0 spiro atoms. The Balaban J connectivity index is 0. The predicted octanol–water partition coefficient (Wildman–Crippen LogP) is 1.77. The summed E-state index contributed by atoms with van der Waals surface area (Å²) in [5, 5.41) is 36.4. The van der Waals surface area contributed by atoms with E-state index in [0.717, 1.165) is 18.8 Å². The number of phosphoric acid groups is 1. The summed E-state index contributed by atoms with van der Waals surface area (Å²) >= 11 is 0. The van der Waals surface area contributed by atoms with Crippen LogP contribution in [0, 0.1) is 11.3 Å². The van der Waals surface area contributed by atoms with E-state index in [4.69, 9.17) is 40.5 Å². The zero-order valence-corrected chi connectivity index (χ0v) is 20.7. The number of unbranched alkanes of at least 4 members (excludes halogenated alkanes) is 4. The van der Waals surface area contributed by atoms with Crippen LogP contribution in [0.4, 0.5) is 0 Å². The molecule has 0 aromatic rings. The zero-order valence-electron chi connectivity index (χ0n) is 19.8. The molecule has 0 aromatic carbocycles. The topological polar surface area (TPSA) is 186 Å².